The van der Waals surface area contributed by atoms with Gasteiger partial charge in [0, 0.05) is 58.1 Å². The fourth-order valence-corrected chi connectivity index (χ4v) is 9.34. The van der Waals surface area contributed by atoms with Crippen molar-refractivity contribution < 1.29 is 46.5 Å². The summed E-state index contributed by atoms with van der Waals surface area (Å²) in [6.45, 7) is 18.8. The summed E-state index contributed by atoms with van der Waals surface area (Å²) in [6.07, 6.45) is 2.85. The lowest BCUT2D eigenvalue weighted by atomic mass is 10.2. The summed E-state index contributed by atoms with van der Waals surface area (Å²) in [4.78, 5) is 85.2. The predicted octanol–water partition coefficient (Wildman–Crippen LogP) is 7.16. The van der Waals surface area contributed by atoms with Crippen LogP contribution in [0.1, 0.15) is 110 Å². The molecule has 0 unspecified atom stereocenters. The summed E-state index contributed by atoms with van der Waals surface area (Å²) in [6, 6.07) is 2.65. The number of piperazine rings is 2. The highest BCUT2D eigenvalue weighted by atomic mass is 35.5. The molecule has 2 fully saturated rings. The van der Waals surface area contributed by atoms with Gasteiger partial charge in [0.25, 0.3) is 11.1 Å². The van der Waals surface area contributed by atoms with Crippen LogP contribution in [0.25, 0.3) is 23.1 Å². The molecule has 8 heterocycles. The number of nitrogens with zero attached hydrogens (tertiary/aromatic N) is 11. The number of fused-ring (bicyclic) bond motifs is 2. The van der Waals surface area contributed by atoms with Crippen LogP contribution < -0.4 is 26.2 Å². The number of hydrogen-bond acceptors (Lipinski definition) is 15. The number of aromatic nitrogens is 8. The first-order chi connectivity index (χ1) is 36.4. The molecular weight excluding hydrogens is 1030 g/mol. The number of rotatable bonds is 9. The van der Waals surface area contributed by atoms with Crippen LogP contribution in [0.4, 0.5) is 39.8 Å². The number of carbonyl (C=O) groups is 3. The number of H-pyrrole nitrogens is 1. The summed E-state index contributed by atoms with van der Waals surface area (Å²) < 4.78 is 65.8. The van der Waals surface area contributed by atoms with Crippen LogP contribution in [0.3, 0.4) is 0 Å². The number of hydrogen-bond donors (Lipinski definition) is 2. The minimum atomic E-state index is -4.60. The maximum absolute atomic E-state index is 14.0. The fraction of sp³-hybridized carbons (Fsp3) is 0.549. The zero-order chi connectivity index (χ0) is 55.6. The molecule has 3 amide bonds. The number of amides is 3. The summed E-state index contributed by atoms with van der Waals surface area (Å²) >= 11 is 6.09. The zero-order valence-electron chi connectivity index (χ0n) is 44.5. The third-order valence-electron chi connectivity index (χ3n) is 12.7. The van der Waals surface area contributed by atoms with Crippen molar-refractivity contribution in [3.05, 3.63) is 84.7 Å². The first-order valence-electron chi connectivity index (χ1n) is 25.8. The van der Waals surface area contributed by atoms with Gasteiger partial charge in [-0.1, -0.05) is 25.4 Å². The Hall–Kier alpha value is -7.31. The maximum Gasteiger partial charge on any atom is 0.416 e. The van der Waals surface area contributed by atoms with Crippen molar-refractivity contribution in [2.45, 2.75) is 118 Å². The van der Waals surface area contributed by atoms with E-state index in [4.69, 9.17) is 30.5 Å². The van der Waals surface area contributed by atoms with E-state index in [0.717, 1.165) is 54.1 Å². The van der Waals surface area contributed by atoms with Gasteiger partial charge in [-0.05, 0) is 110 Å². The molecule has 9 rings (SSSR count). The molecule has 5 aromatic rings. The van der Waals surface area contributed by atoms with Crippen LogP contribution in [-0.4, -0.2) is 143 Å². The summed E-state index contributed by atoms with van der Waals surface area (Å²) in [5.41, 5.74) is -0.627. The van der Waals surface area contributed by atoms with Crippen molar-refractivity contribution in [2.75, 3.05) is 80.7 Å². The summed E-state index contributed by atoms with van der Waals surface area (Å²) in [5, 5.41) is 11.2. The second-order valence-electron chi connectivity index (χ2n) is 20.7. The number of benzene rings is 1. The molecule has 0 saturated carbocycles. The lowest BCUT2D eigenvalue weighted by Crippen LogP contribution is -2.51. The van der Waals surface area contributed by atoms with E-state index in [9.17, 15) is 37.1 Å². The molecule has 2 saturated heterocycles. The van der Waals surface area contributed by atoms with E-state index in [2.05, 4.69) is 30.5 Å². The molecule has 0 atom stereocenters. The molecule has 416 valence electrons. The third kappa shape index (κ3) is 12.9. The van der Waals surface area contributed by atoms with Gasteiger partial charge < -0.3 is 53.4 Å². The van der Waals surface area contributed by atoms with Crippen LogP contribution in [0.2, 0.25) is 5.02 Å². The number of halogens is 4. The molecule has 77 heavy (non-hydrogen) atoms. The summed E-state index contributed by atoms with van der Waals surface area (Å²) in [7, 11) is 0. The minimum absolute atomic E-state index is 0.00353. The fourth-order valence-electron chi connectivity index (χ4n) is 9.11. The monoisotopic (exact) mass is 1100 g/mol. The first-order valence-corrected chi connectivity index (χ1v) is 26.1. The zero-order valence-corrected chi connectivity index (χ0v) is 45.3. The van der Waals surface area contributed by atoms with Crippen molar-refractivity contribution >= 4 is 69.8 Å². The van der Waals surface area contributed by atoms with Crippen LogP contribution in [0.5, 0.6) is 0 Å². The van der Waals surface area contributed by atoms with Gasteiger partial charge in [0.2, 0.25) is 29.1 Å². The Bertz CT molecular complexity index is 3210. The van der Waals surface area contributed by atoms with Gasteiger partial charge >= 0.3 is 18.4 Å². The minimum Gasteiger partial charge on any atom is -0.490 e. The van der Waals surface area contributed by atoms with Crippen LogP contribution in [0, 0.1) is 0 Å². The van der Waals surface area contributed by atoms with Gasteiger partial charge in [-0.15, -0.1) is 10.2 Å². The molecule has 26 heteroatoms. The number of carbonyl (C=O) groups excluding carboxylic acids is 3. The Morgan fingerprint density at radius 1 is 0.727 bits per heavy atom. The van der Waals surface area contributed by atoms with Crippen molar-refractivity contribution in [3.8, 4) is 0 Å². The standard InChI is InChI=1S/C30H35ClF3N7O5.C21H30N6O4/c1-5-21-24(38-11-13-39(14-12-38)28(44)46-29(2,3)4)26(43)41-27(36-25(37-41)22-8-6-7-15-45-22)40(21)17-23(42)35-20-10-9-18(16-19(20)31)30(32,33)34;1-5-14-16(25-9-11-26(12-10-25)20(29)31-21(2,3)4)18(28)27-19(22-14)23-17(24-27)15-8-6-7-13-30-15/h8-10,16H,5-7,11-15,17H2,1-4H3,(H,35,42);8H,5-7,9-13H2,1-4H3,(H,22,23,24). The average molecular weight is 1100 g/mol. The molecule has 0 spiro atoms. The number of allylic oxidation sites excluding steroid dienone is 2. The molecule has 4 aromatic heterocycles. The summed E-state index contributed by atoms with van der Waals surface area (Å²) in [5.74, 6) is 1.54. The largest absolute Gasteiger partial charge is 0.490 e. The van der Waals surface area contributed by atoms with E-state index in [1.54, 1.807) is 35.1 Å². The van der Waals surface area contributed by atoms with Crippen LogP contribution in [-0.2, 0) is 49.3 Å². The Labute approximate surface area is 446 Å². The Morgan fingerprint density at radius 2 is 1.25 bits per heavy atom. The normalized spacial score (nSPS) is 16.5. The number of aryl methyl sites for hydroxylation is 1. The number of ether oxygens (including phenoxy) is 4. The second-order valence-corrected chi connectivity index (χ2v) is 21.1. The van der Waals surface area contributed by atoms with Gasteiger partial charge in [-0.2, -0.15) is 32.2 Å². The van der Waals surface area contributed by atoms with Crippen molar-refractivity contribution in [1.82, 2.24) is 48.5 Å². The van der Waals surface area contributed by atoms with Gasteiger partial charge in [0.15, 0.2) is 11.5 Å². The quantitative estimate of drug-likeness (QED) is 0.149. The number of alkyl halides is 3. The van der Waals surface area contributed by atoms with Crippen molar-refractivity contribution in [2.24, 2.45) is 0 Å². The smallest absolute Gasteiger partial charge is 0.416 e. The van der Waals surface area contributed by atoms with Crippen molar-refractivity contribution in [3.63, 3.8) is 0 Å². The lowest BCUT2D eigenvalue weighted by molar-refractivity contribution is -0.137. The Kier molecular flexibility index (Phi) is 16.5. The average Bonchev–Trinajstić information content (AvgIpc) is 4.15. The first kappa shape index (κ1) is 55.9. The SMILES string of the molecule is CCc1[nH]c2nc(C3=CCCCO3)nn2c(=O)c1N1CCN(C(=O)OC(C)(C)C)CC1.CCc1c(N2CCN(C(=O)OC(C)(C)C)CC2)c(=O)n2nc(C3=CCCCO3)nc2n1CC(=O)Nc1ccc(C(F)(F)F)cc1Cl. The molecule has 0 radical (unpaired) electrons. The van der Waals surface area contributed by atoms with Crippen molar-refractivity contribution in [1.29, 1.82) is 0 Å². The molecule has 0 bridgehead atoms. The maximum atomic E-state index is 14.0. The molecular formula is C51H65ClF3N13O9. The van der Waals surface area contributed by atoms with E-state index in [-0.39, 0.29) is 40.5 Å². The molecule has 4 aliphatic heterocycles. The molecule has 1 aromatic carbocycles. The van der Waals surface area contributed by atoms with E-state index in [0.29, 0.717) is 119 Å². The number of anilines is 3. The van der Waals surface area contributed by atoms with Crippen LogP contribution >= 0.6 is 11.6 Å². The highest BCUT2D eigenvalue weighted by Crippen LogP contribution is 2.34. The van der Waals surface area contributed by atoms with Gasteiger partial charge in [-0.3, -0.25) is 14.4 Å². The predicted molar refractivity (Wildman–Crippen MR) is 281 cm³/mol. The van der Waals surface area contributed by atoms with Gasteiger partial charge in [-0.25, -0.2) is 9.59 Å². The van der Waals surface area contributed by atoms with Crippen LogP contribution in [0.15, 0.2) is 39.9 Å². The topological polar surface area (TPSA) is 228 Å². The van der Waals surface area contributed by atoms with E-state index in [1.165, 1.54) is 4.52 Å². The molecule has 4 aliphatic rings. The highest BCUT2D eigenvalue weighted by molar-refractivity contribution is 6.33. The second kappa shape index (κ2) is 22.7. The Morgan fingerprint density at radius 3 is 1.73 bits per heavy atom. The number of aromatic amines is 1. The van der Waals surface area contributed by atoms with E-state index < -0.39 is 40.5 Å². The highest BCUT2D eigenvalue weighted by Gasteiger charge is 2.34. The molecule has 22 nitrogen and oxygen atoms in total. The van der Waals surface area contributed by atoms with E-state index >= 15 is 0 Å². The van der Waals surface area contributed by atoms with E-state index in [1.807, 2.05) is 56.6 Å². The molecule has 0 aliphatic carbocycles. The third-order valence-corrected chi connectivity index (χ3v) is 13.1. The lowest BCUT2D eigenvalue weighted by Gasteiger charge is -2.37. The molecule has 2 N–H and O–H groups in total. The van der Waals surface area contributed by atoms with Gasteiger partial charge in [0.1, 0.15) is 29.1 Å². The Balaban J connectivity index is 0.000000220. The number of nitrogens with one attached hydrogen (secondary N) is 2. The van der Waals surface area contributed by atoms with Gasteiger partial charge in [0.05, 0.1) is 35.2 Å².